The van der Waals surface area contributed by atoms with Crippen molar-refractivity contribution in [1.29, 1.82) is 0 Å². The molecule has 0 aromatic heterocycles. The molecule has 0 radical (unpaired) electrons. The van der Waals surface area contributed by atoms with Crippen LogP contribution in [0.1, 0.15) is 40.0 Å². The van der Waals surface area contributed by atoms with E-state index >= 15 is 0 Å². The van der Waals surface area contributed by atoms with Gasteiger partial charge in [0.2, 0.25) is 0 Å². The normalized spacial score (nSPS) is 29.6. The van der Waals surface area contributed by atoms with Gasteiger partial charge in [0.1, 0.15) is 0 Å². The summed E-state index contributed by atoms with van der Waals surface area (Å²) >= 11 is 0. The van der Waals surface area contributed by atoms with Gasteiger partial charge in [-0.15, -0.1) is 0 Å². The molecule has 0 aliphatic carbocycles. The van der Waals surface area contributed by atoms with Crippen molar-refractivity contribution < 1.29 is 9.84 Å². The van der Waals surface area contributed by atoms with Crippen LogP contribution in [0, 0.1) is 5.41 Å². The molecule has 3 atom stereocenters. The Bertz CT molecular complexity index is 210. The van der Waals surface area contributed by atoms with Crippen molar-refractivity contribution in [2.75, 3.05) is 26.8 Å². The molecular weight excluding hydrogens is 202 g/mol. The summed E-state index contributed by atoms with van der Waals surface area (Å²) in [6, 6.07) is 0.516. The first-order chi connectivity index (χ1) is 7.52. The van der Waals surface area contributed by atoms with E-state index in [-0.39, 0.29) is 12.0 Å². The van der Waals surface area contributed by atoms with Crippen LogP contribution < -0.4 is 0 Å². The van der Waals surface area contributed by atoms with E-state index in [1.165, 1.54) is 0 Å². The Balaban J connectivity index is 2.50. The largest absolute Gasteiger partial charge is 0.396 e. The number of nitrogens with zero attached hydrogens (tertiary/aromatic N) is 1. The van der Waals surface area contributed by atoms with Crippen molar-refractivity contribution in [2.45, 2.75) is 52.2 Å². The van der Waals surface area contributed by atoms with Gasteiger partial charge in [-0.2, -0.15) is 0 Å². The fraction of sp³-hybridized carbons (Fsp3) is 1.00. The van der Waals surface area contributed by atoms with E-state index in [0.29, 0.717) is 12.1 Å². The molecule has 1 fully saturated rings. The van der Waals surface area contributed by atoms with Gasteiger partial charge in [-0.1, -0.05) is 20.3 Å². The first-order valence-electron chi connectivity index (χ1n) is 6.45. The lowest BCUT2D eigenvalue weighted by molar-refractivity contribution is 0.0430. The van der Waals surface area contributed by atoms with Gasteiger partial charge < -0.3 is 14.7 Å². The maximum absolute atomic E-state index is 9.52. The highest BCUT2D eigenvalue weighted by Gasteiger charge is 2.32. The van der Waals surface area contributed by atoms with Gasteiger partial charge in [0.05, 0.1) is 6.10 Å². The summed E-state index contributed by atoms with van der Waals surface area (Å²) in [5.74, 6) is 0. The average Bonchev–Trinajstić information content (AvgIpc) is 2.65. The van der Waals surface area contributed by atoms with Crippen molar-refractivity contribution >= 4 is 0 Å². The number of likely N-dealkylation sites (N-methyl/N-ethyl adjacent to an activating group) is 1. The molecule has 3 heteroatoms. The summed E-state index contributed by atoms with van der Waals surface area (Å²) in [4.78, 5) is 2.36. The first-order valence-corrected chi connectivity index (χ1v) is 6.45. The number of hydrogen-bond donors (Lipinski definition) is 1. The standard InChI is InChI=1S/C13H27NO2/c1-5-7-13(3,10-15)9-14(4)12-6-8-16-11(12)2/h11-12,15H,5-10H2,1-4H3. The average molecular weight is 229 g/mol. The molecule has 96 valence electrons. The Morgan fingerprint density at radius 3 is 2.62 bits per heavy atom. The predicted molar refractivity (Wildman–Crippen MR) is 66.5 cm³/mol. The molecule has 0 bridgehead atoms. The minimum atomic E-state index is 0.0335. The molecule has 0 aromatic carbocycles. The van der Waals surface area contributed by atoms with Gasteiger partial charge >= 0.3 is 0 Å². The monoisotopic (exact) mass is 229 g/mol. The van der Waals surface area contributed by atoms with Crippen LogP contribution >= 0.6 is 0 Å². The second-order valence-electron chi connectivity index (χ2n) is 5.57. The number of aliphatic hydroxyl groups excluding tert-OH is 1. The van der Waals surface area contributed by atoms with Gasteiger partial charge in [-0.05, 0) is 26.8 Å². The number of rotatable bonds is 6. The first kappa shape index (κ1) is 13.9. The molecule has 1 rings (SSSR count). The van der Waals surface area contributed by atoms with Crippen molar-refractivity contribution in [3.63, 3.8) is 0 Å². The van der Waals surface area contributed by atoms with E-state index in [1.54, 1.807) is 0 Å². The highest BCUT2D eigenvalue weighted by molar-refractivity contribution is 4.85. The van der Waals surface area contributed by atoms with Crippen LogP contribution in [0.2, 0.25) is 0 Å². The minimum Gasteiger partial charge on any atom is -0.396 e. The Morgan fingerprint density at radius 2 is 2.19 bits per heavy atom. The van der Waals surface area contributed by atoms with Crippen molar-refractivity contribution in [2.24, 2.45) is 5.41 Å². The summed E-state index contributed by atoms with van der Waals surface area (Å²) < 4.78 is 5.59. The van der Waals surface area contributed by atoms with Crippen molar-refractivity contribution in [3.8, 4) is 0 Å². The summed E-state index contributed by atoms with van der Waals surface area (Å²) in [5.41, 5.74) is 0.0335. The van der Waals surface area contributed by atoms with E-state index in [1.807, 2.05) is 0 Å². The molecule has 0 spiro atoms. The van der Waals surface area contributed by atoms with Crippen LogP contribution in [0.25, 0.3) is 0 Å². The SMILES string of the molecule is CCCC(C)(CO)CN(C)C1CCOC1C. The number of aliphatic hydroxyl groups is 1. The Morgan fingerprint density at radius 1 is 1.50 bits per heavy atom. The molecule has 0 saturated carbocycles. The van der Waals surface area contributed by atoms with E-state index in [2.05, 4.69) is 32.7 Å². The lowest BCUT2D eigenvalue weighted by atomic mass is 9.85. The second kappa shape index (κ2) is 5.99. The Labute approximate surface area is 99.8 Å². The van der Waals surface area contributed by atoms with Crippen LogP contribution in [-0.2, 0) is 4.74 Å². The minimum absolute atomic E-state index is 0.0335. The summed E-state index contributed by atoms with van der Waals surface area (Å²) in [7, 11) is 2.15. The molecule has 1 saturated heterocycles. The van der Waals surface area contributed by atoms with Crippen LogP contribution in [0.15, 0.2) is 0 Å². The van der Waals surface area contributed by atoms with Gasteiger partial charge in [0.15, 0.2) is 0 Å². The topological polar surface area (TPSA) is 32.7 Å². The zero-order valence-electron chi connectivity index (χ0n) is 11.2. The molecule has 16 heavy (non-hydrogen) atoms. The van der Waals surface area contributed by atoms with Gasteiger partial charge in [0.25, 0.3) is 0 Å². The quantitative estimate of drug-likeness (QED) is 0.755. The fourth-order valence-electron chi connectivity index (χ4n) is 2.83. The molecule has 1 N–H and O–H groups in total. The zero-order chi connectivity index (χ0) is 12.2. The lowest BCUT2D eigenvalue weighted by Crippen LogP contribution is -2.44. The summed E-state index contributed by atoms with van der Waals surface area (Å²) in [5, 5.41) is 9.52. The third-order valence-electron chi connectivity index (χ3n) is 3.77. The predicted octanol–water partition coefficient (Wildman–Crippen LogP) is 1.89. The molecule has 0 amide bonds. The van der Waals surface area contributed by atoms with Gasteiger partial charge in [-0.25, -0.2) is 0 Å². The third kappa shape index (κ3) is 3.44. The van der Waals surface area contributed by atoms with E-state index in [9.17, 15) is 5.11 Å². The van der Waals surface area contributed by atoms with Crippen molar-refractivity contribution in [1.82, 2.24) is 4.90 Å². The Hall–Kier alpha value is -0.120. The molecule has 1 aliphatic rings. The lowest BCUT2D eigenvalue weighted by Gasteiger charge is -2.36. The van der Waals surface area contributed by atoms with Crippen LogP contribution in [0.5, 0.6) is 0 Å². The maximum atomic E-state index is 9.52. The molecule has 1 heterocycles. The summed E-state index contributed by atoms with van der Waals surface area (Å²) in [6.45, 7) is 8.59. The van der Waals surface area contributed by atoms with Gasteiger partial charge in [-0.3, -0.25) is 0 Å². The molecule has 0 aromatic rings. The number of hydrogen-bond acceptors (Lipinski definition) is 3. The van der Waals surface area contributed by atoms with Crippen molar-refractivity contribution in [3.05, 3.63) is 0 Å². The van der Waals surface area contributed by atoms with Crippen LogP contribution in [0.3, 0.4) is 0 Å². The molecule has 3 unspecified atom stereocenters. The molecule has 1 aliphatic heterocycles. The molecule has 3 nitrogen and oxygen atoms in total. The summed E-state index contributed by atoms with van der Waals surface area (Å²) in [6.07, 6.45) is 3.65. The van der Waals surface area contributed by atoms with E-state index in [4.69, 9.17) is 4.74 Å². The fourth-order valence-corrected chi connectivity index (χ4v) is 2.83. The maximum Gasteiger partial charge on any atom is 0.0702 e. The zero-order valence-corrected chi connectivity index (χ0v) is 11.2. The van der Waals surface area contributed by atoms with E-state index in [0.717, 1.165) is 32.4 Å². The Kier molecular flexibility index (Phi) is 5.22. The van der Waals surface area contributed by atoms with E-state index < -0.39 is 0 Å². The number of ether oxygens (including phenoxy) is 1. The van der Waals surface area contributed by atoms with Gasteiger partial charge in [0, 0.05) is 31.2 Å². The smallest absolute Gasteiger partial charge is 0.0702 e. The highest BCUT2D eigenvalue weighted by Crippen LogP contribution is 2.27. The van der Waals surface area contributed by atoms with Crippen LogP contribution in [-0.4, -0.2) is 49.0 Å². The second-order valence-corrected chi connectivity index (χ2v) is 5.57. The third-order valence-corrected chi connectivity index (χ3v) is 3.77. The van der Waals surface area contributed by atoms with Crippen LogP contribution in [0.4, 0.5) is 0 Å². The highest BCUT2D eigenvalue weighted by atomic mass is 16.5. The molecular formula is C13H27NO2.